The van der Waals surface area contributed by atoms with Gasteiger partial charge in [0.2, 0.25) is 0 Å². The zero-order valence-electron chi connectivity index (χ0n) is 22.1. The van der Waals surface area contributed by atoms with Crippen molar-refractivity contribution in [2.75, 3.05) is 30.3 Å². The van der Waals surface area contributed by atoms with Gasteiger partial charge in [0.05, 0.1) is 12.2 Å². The van der Waals surface area contributed by atoms with Crippen molar-refractivity contribution in [3.8, 4) is 17.2 Å². The van der Waals surface area contributed by atoms with Crippen molar-refractivity contribution in [3.63, 3.8) is 0 Å². The Morgan fingerprint density at radius 1 is 0.921 bits per heavy atom. The molecule has 0 saturated heterocycles. The third-order valence-electron chi connectivity index (χ3n) is 7.01. The number of hydrogen-bond acceptors (Lipinski definition) is 7. The number of anilines is 2. The van der Waals surface area contributed by atoms with E-state index in [1.807, 2.05) is 58.0 Å². The highest BCUT2D eigenvalue weighted by Crippen LogP contribution is 2.57. The highest BCUT2D eigenvalue weighted by molar-refractivity contribution is 5.97. The SMILES string of the molecule is CCNc1cc2c(cc1C)C1(OC(=O)c3cc(OCCCC(=O)O)ccc31)c1cc(C)c(NCC)cc1O2. The molecule has 3 aromatic carbocycles. The molecule has 0 unspecified atom stereocenters. The lowest BCUT2D eigenvalue weighted by molar-refractivity contribution is -0.137. The fourth-order valence-electron chi connectivity index (χ4n) is 5.27. The number of ether oxygens (including phenoxy) is 3. The molecule has 0 atom stereocenters. The molecule has 2 heterocycles. The third-order valence-corrected chi connectivity index (χ3v) is 7.01. The summed E-state index contributed by atoms with van der Waals surface area (Å²) in [5.41, 5.74) is 5.43. The Labute approximate surface area is 221 Å². The van der Waals surface area contributed by atoms with Crippen molar-refractivity contribution in [3.05, 3.63) is 75.8 Å². The van der Waals surface area contributed by atoms with E-state index in [2.05, 4.69) is 10.6 Å². The number of benzene rings is 3. The van der Waals surface area contributed by atoms with Gasteiger partial charge in [-0.15, -0.1) is 0 Å². The summed E-state index contributed by atoms with van der Waals surface area (Å²) in [7, 11) is 0. The standard InChI is InChI=1S/C30H32N2O6/c1-5-31-24-15-26-22(12-17(24)3)30(23-13-18(4)25(32-6-2)16-27(23)37-26)21-10-9-19(14-20(21)29(35)38-30)36-11-7-8-28(33)34/h9-10,12-16,31-32H,5-8,11H2,1-4H3,(H,33,34). The van der Waals surface area contributed by atoms with E-state index in [0.29, 0.717) is 29.2 Å². The number of fused-ring (bicyclic) bond motifs is 6. The van der Waals surface area contributed by atoms with E-state index < -0.39 is 17.5 Å². The minimum Gasteiger partial charge on any atom is -0.494 e. The van der Waals surface area contributed by atoms with Crippen LogP contribution >= 0.6 is 0 Å². The number of carboxylic acids is 1. The van der Waals surface area contributed by atoms with E-state index in [9.17, 15) is 9.59 Å². The molecule has 0 saturated carbocycles. The van der Waals surface area contributed by atoms with E-state index in [-0.39, 0.29) is 13.0 Å². The maximum absolute atomic E-state index is 13.4. The molecule has 0 amide bonds. The Bertz CT molecular complexity index is 1370. The van der Waals surface area contributed by atoms with Gasteiger partial charge in [-0.25, -0.2) is 4.79 Å². The van der Waals surface area contributed by atoms with Crippen LogP contribution in [-0.2, 0) is 15.1 Å². The predicted molar refractivity (Wildman–Crippen MR) is 145 cm³/mol. The molecule has 8 heteroatoms. The van der Waals surface area contributed by atoms with Crippen LogP contribution in [0.1, 0.15) is 64.9 Å². The summed E-state index contributed by atoms with van der Waals surface area (Å²) < 4.78 is 18.6. The number of hydrogen-bond donors (Lipinski definition) is 3. The second-order valence-corrected chi connectivity index (χ2v) is 9.61. The van der Waals surface area contributed by atoms with Crippen LogP contribution in [-0.4, -0.2) is 36.7 Å². The number of carbonyl (C=O) groups excluding carboxylic acids is 1. The number of aryl methyl sites for hydroxylation is 2. The zero-order chi connectivity index (χ0) is 27.0. The lowest BCUT2D eigenvalue weighted by Gasteiger charge is -2.37. The first kappa shape index (κ1) is 25.4. The first-order valence-electron chi connectivity index (χ1n) is 13.0. The van der Waals surface area contributed by atoms with Gasteiger partial charge in [-0.1, -0.05) is 0 Å². The first-order chi connectivity index (χ1) is 18.3. The van der Waals surface area contributed by atoms with Gasteiger partial charge in [-0.3, -0.25) is 4.79 Å². The van der Waals surface area contributed by atoms with Gasteiger partial charge in [0.1, 0.15) is 17.2 Å². The maximum atomic E-state index is 13.4. The minimum atomic E-state index is -1.18. The predicted octanol–water partition coefficient (Wildman–Crippen LogP) is 5.98. The molecule has 0 fully saturated rings. The lowest BCUT2D eigenvalue weighted by Crippen LogP contribution is -2.33. The topological polar surface area (TPSA) is 106 Å². The number of rotatable bonds is 9. The smallest absolute Gasteiger partial charge is 0.340 e. The number of nitrogens with one attached hydrogen (secondary N) is 2. The molecule has 2 aliphatic heterocycles. The molecule has 2 aliphatic rings. The molecule has 1 spiro atoms. The van der Waals surface area contributed by atoms with E-state index in [0.717, 1.165) is 52.3 Å². The second kappa shape index (κ2) is 9.93. The summed E-state index contributed by atoms with van der Waals surface area (Å²) in [5.74, 6) is 0.426. The Morgan fingerprint density at radius 3 is 2.08 bits per heavy atom. The van der Waals surface area contributed by atoms with Gasteiger partial charge >= 0.3 is 11.9 Å². The molecular formula is C30H32N2O6. The highest BCUT2D eigenvalue weighted by Gasteiger charge is 2.54. The minimum absolute atomic E-state index is 0.0200. The normalized spacial score (nSPS) is 14.2. The summed E-state index contributed by atoms with van der Waals surface area (Å²) >= 11 is 0. The van der Waals surface area contributed by atoms with Crippen molar-refractivity contribution >= 4 is 23.3 Å². The van der Waals surface area contributed by atoms with Gasteiger partial charge < -0.3 is 30.0 Å². The number of carboxylic acid groups (broad SMARTS) is 1. The fraction of sp³-hybridized carbons (Fsp3) is 0.333. The molecule has 38 heavy (non-hydrogen) atoms. The highest BCUT2D eigenvalue weighted by atomic mass is 16.6. The molecule has 8 nitrogen and oxygen atoms in total. The average molecular weight is 517 g/mol. The van der Waals surface area contributed by atoms with Crippen LogP contribution in [0.3, 0.4) is 0 Å². The van der Waals surface area contributed by atoms with Gasteiger partial charge in [0.25, 0.3) is 0 Å². The van der Waals surface area contributed by atoms with Crippen molar-refractivity contribution in [1.29, 1.82) is 0 Å². The van der Waals surface area contributed by atoms with Crippen molar-refractivity contribution in [2.24, 2.45) is 0 Å². The van der Waals surface area contributed by atoms with Crippen LogP contribution in [0, 0.1) is 13.8 Å². The van der Waals surface area contributed by atoms with Crippen LogP contribution in [0.5, 0.6) is 17.2 Å². The maximum Gasteiger partial charge on any atom is 0.340 e. The van der Waals surface area contributed by atoms with Crippen molar-refractivity contribution in [1.82, 2.24) is 0 Å². The molecule has 3 N–H and O–H groups in total. The molecule has 0 bridgehead atoms. The molecule has 0 aliphatic carbocycles. The Balaban J connectivity index is 1.66. The molecule has 198 valence electrons. The van der Waals surface area contributed by atoms with E-state index in [1.165, 1.54) is 0 Å². The molecule has 5 rings (SSSR count). The summed E-state index contributed by atoms with van der Waals surface area (Å²) in [6, 6.07) is 13.4. The van der Waals surface area contributed by atoms with Crippen molar-refractivity contribution < 1.29 is 28.9 Å². The largest absolute Gasteiger partial charge is 0.494 e. The van der Waals surface area contributed by atoms with E-state index in [1.54, 1.807) is 12.1 Å². The van der Waals surface area contributed by atoms with Gasteiger partial charge in [0, 0.05) is 59.7 Å². The monoisotopic (exact) mass is 516 g/mol. The summed E-state index contributed by atoms with van der Waals surface area (Å²) in [5, 5.41) is 15.6. The zero-order valence-corrected chi connectivity index (χ0v) is 22.1. The molecule has 0 aromatic heterocycles. The number of esters is 1. The molecule has 0 radical (unpaired) electrons. The Hall–Kier alpha value is -4.20. The van der Waals surface area contributed by atoms with E-state index in [4.69, 9.17) is 19.3 Å². The summed E-state index contributed by atoms with van der Waals surface area (Å²) in [6.07, 6.45) is 0.395. The Kier molecular flexibility index (Phi) is 6.65. The molecular weight excluding hydrogens is 484 g/mol. The van der Waals surface area contributed by atoms with Crippen LogP contribution < -0.4 is 20.1 Å². The summed E-state index contributed by atoms with van der Waals surface area (Å²) in [6.45, 7) is 9.89. The van der Waals surface area contributed by atoms with Crippen LogP contribution in [0.4, 0.5) is 11.4 Å². The lowest BCUT2D eigenvalue weighted by atomic mass is 9.76. The van der Waals surface area contributed by atoms with E-state index >= 15 is 0 Å². The van der Waals surface area contributed by atoms with Gasteiger partial charge in [-0.2, -0.15) is 0 Å². The average Bonchev–Trinajstić information content (AvgIpc) is 3.17. The third kappa shape index (κ3) is 4.20. The van der Waals surface area contributed by atoms with Crippen molar-refractivity contribution in [2.45, 2.75) is 46.1 Å². The molecule has 3 aromatic rings. The van der Waals surface area contributed by atoms with Gasteiger partial charge in [0.15, 0.2) is 5.60 Å². The van der Waals surface area contributed by atoms with Crippen LogP contribution in [0.2, 0.25) is 0 Å². The number of carbonyl (C=O) groups is 2. The fourth-order valence-corrected chi connectivity index (χ4v) is 5.27. The second-order valence-electron chi connectivity index (χ2n) is 9.61. The van der Waals surface area contributed by atoms with Gasteiger partial charge in [-0.05, 0) is 75.6 Å². The number of aliphatic carboxylic acids is 1. The first-order valence-corrected chi connectivity index (χ1v) is 13.0. The Morgan fingerprint density at radius 2 is 1.53 bits per heavy atom. The van der Waals surface area contributed by atoms with Crippen LogP contribution in [0.15, 0.2) is 42.5 Å². The summed E-state index contributed by atoms with van der Waals surface area (Å²) in [4.78, 5) is 24.2. The quantitative estimate of drug-likeness (QED) is 0.236. The van der Waals surface area contributed by atoms with Crippen LogP contribution in [0.25, 0.3) is 0 Å².